The highest BCUT2D eigenvalue weighted by Gasteiger charge is 2.28. The third-order valence-corrected chi connectivity index (χ3v) is 6.06. The van der Waals surface area contributed by atoms with E-state index in [9.17, 15) is 4.79 Å². The number of allylic oxidation sites excluding steroid dienone is 1. The van der Waals surface area contributed by atoms with Crippen molar-refractivity contribution in [3.63, 3.8) is 0 Å². The Labute approximate surface area is 182 Å². The van der Waals surface area contributed by atoms with Crippen LogP contribution in [0.2, 0.25) is 0 Å². The minimum Gasteiger partial charge on any atom is -0.455 e. The molecule has 0 saturated heterocycles. The molecule has 31 heavy (non-hydrogen) atoms. The number of nitrogens with zero attached hydrogens (tertiary/aromatic N) is 1. The van der Waals surface area contributed by atoms with Crippen LogP contribution in [0.25, 0.3) is 33.4 Å². The SMILES string of the molecule is CCCCC1=C(c2ccccc2)Oc2c(-c3ccccc3)c(=O)n(C)c3cccc1c23. The lowest BCUT2D eigenvalue weighted by atomic mass is 9.89. The number of benzene rings is 3. The summed E-state index contributed by atoms with van der Waals surface area (Å²) in [5.74, 6) is 1.53. The average Bonchev–Trinajstić information content (AvgIpc) is 2.82. The van der Waals surface area contributed by atoms with E-state index in [1.54, 1.807) is 4.57 Å². The summed E-state index contributed by atoms with van der Waals surface area (Å²) in [4.78, 5) is 13.5. The molecule has 0 fully saturated rings. The van der Waals surface area contributed by atoms with Gasteiger partial charge in [0, 0.05) is 23.6 Å². The van der Waals surface area contributed by atoms with Crippen molar-refractivity contribution in [3.05, 3.63) is 100 Å². The zero-order valence-corrected chi connectivity index (χ0v) is 17.9. The molecule has 1 aliphatic rings. The molecule has 0 spiro atoms. The highest BCUT2D eigenvalue weighted by atomic mass is 16.5. The van der Waals surface area contributed by atoms with Gasteiger partial charge in [-0.25, -0.2) is 0 Å². The molecule has 3 heteroatoms. The van der Waals surface area contributed by atoms with E-state index in [0.29, 0.717) is 11.3 Å². The van der Waals surface area contributed by atoms with Gasteiger partial charge in [-0.2, -0.15) is 0 Å². The smallest absolute Gasteiger partial charge is 0.262 e. The van der Waals surface area contributed by atoms with Gasteiger partial charge in [-0.1, -0.05) is 86.1 Å². The zero-order chi connectivity index (χ0) is 21.4. The van der Waals surface area contributed by atoms with Crippen molar-refractivity contribution in [2.75, 3.05) is 0 Å². The summed E-state index contributed by atoms with van der Waals surface area (Å²) >= 11 is 0. The molecule has 5 rings (SSSR count). The Kier molecular flexibility index (Phi) is 4.95. The molecule has 0 radical (unpaired) electrons. The van der Waals surface area contributed by atoms with Gasteiger partial charge in [-0.3, -0.25) is 4.79 Å². The minimum atomic E-state index is -0.0460. The maximum absolute atomic E-state index is 13.5. The van der Waals surface area contributed by atoms with Crippen LogP contribution in [-0.4, -0.2) is 4.57 Å². The van der Waals surface area contributed by atoms with Gasteiger partial charge in [0.25, 0.3) is 5.56 Å². The second-order valence-corrected chi connectivity index (χ2v) is 8.01. The van der Waals surface area contributed by atoms with E-state index in [-0.39, 0.29) is 5.56 Å². The standard InChI is InChI=1S/C28H25NO2/c1-3-4-16-22-21-17-11-18-23-25(21)27(31-26(22)20-14-9-6-10-15-20)24(28(30)29(23)2)19-12-7-5-8-13-19/h5-15,17-18H,3-4,16H2,1-2H3. The zero-order valence-electron chi connectivity index (χ0n) is 17.9. The van der Waals surface area contributed by atoms with Crippen molar-refractivity contribution in [2.24, 2.45) is 7.05 Å². The monoisotopic (exact) mass is 407 g/mol. The Morgan fingerprint density at radius 1 is 0.839 bits per heavy atom. The Balaban J connectivity index is 1.88. The van der Waals surface area contributed by atoms with Crippen molar-refractivity contribution in [3.8, 4) is 16.9 Å². The molecule has 0 aliphatic carbocycles. The van der Waals surface area contributed by atoms with Crippen LogP contribution in [0.1, 0.15) is 37.3 Å². The van der Waals surface area contributed by atoms with Crippen LogP contribution in [0.3, 0.4) is 0 Å². The highest BCUT2D eigenvalue weighted by molar-refractivity contribution is 6.07. The molecule has 3 aromatic carbocycles. The summed E-state index contributed by atoms with van der Waals surface area (Å²) in [5.41, 5.74) is 5.76. The van der Waals surface area contributed by atoms with Crippen LogP contribution < -0.4 is 10.3 Å². The quantitative estimate of drug-likeness (QED) is 0.370. The fourth-order valence-electron chi connectivity index (χ4n) is 4.48. The topological polar surface area (TPSA) is 31.2 Å². The molecule has 0 saturated carbocycles. The molecule has 4 aromatic rings. The van der Waals surface area contributed by atoms with E-state index in [4.69, 9.17) is 4.74 Å². The fraction of sp³-hybridized carbons (Fsp3) is 0.179. The number of aryl methyl sites for hydroxylation is 1. The summed E-state index contributed by atoms with van der Waals surface area (Å²) in [6.45, 7) is 2.21. The molecule has 3 nitrogen and oxygen atoms in total. The van der Waals surface area contributed by atoms with Crippen LogP contribution in [0.15, 0.2) is 83.7 Å². The third kappa shape index (κ3) is 3.17. The van der Waals surface area contributed by atoms with E-state index in [0.717, 1.165) is 47.1 Å². The fourth-order valence-corrected chi connectivity index (χ4v) is 4.48. The Morgan fingerprint density at radius 3 is 2.19 bits per heavy atom. The first kappa shape index (κ1) is 19.4. The maximum Gasteiger partial charge on any atom is 0.262 e. The lowest BCUT2D eigenvalue weighted by molar-refractivity contribution is 0.517. The maximum atomic E-state index is 13.5. The van der Waals surface area contributed by atoms with Crippen LogP contribution >= 0.6 is 0 Å². The average molecular weight is 408 g/mol. The van der Waals surface area contributed by atoms with Crippen LogP contribution in [-0.2, 0) is 7.05 Å². The van der Waals surface area contributed by atoms with Crippen molar-refractivity contribution < 1.29 is 4.74 Å². The Morgan fingerprint density at radius 2 is 1.52 bits per heavy atom. The number of ether oxygens (including phenoxy) is 1. The first-order chi connectivity index (χ1) is 15.2. The van der Waals surface area contributed by atoms with E-state index in [1.165, 1.54) is 11.1 Å². The summed E-state index contributed by atoms with van der Waals surface area (Å²) in [6, 6.07) is 26.3. The van der Waals surface area contributed by atoms with Crippen molar-refractivity contribution in [1.29, 1.82) is 0 Å². The molecule has 1 aliphatic heterocycles. The molecule has 154 valence electrons. The predicted octanol–water partition coefficient (Wildman–Crippen LogP) is 6.66. The lowest BCUT2D eigenvalue weighted by Crippen LogP contribution is -2.22. The van der Waals surface area contributed by atoms with Gasteiger partial charge in [0.2, 0.25) is 0 Å². The van der Waals surface area contributed by atoms with Crippen molar-refractivity contribution in [1.82, 2.24) is 4.57 Å². The number of pyridine rings is 1. The van der Waals surface area contributed by atoms with Gasteiger partial charge < -0.3 is 9.30 Å². The molecule has 0 N–H and O–H groups in total. The lowest BCUT2D eigenvalue weighted by Gasteiger charge is -2.27. The number of unbranched alkanes of at least 4 members (excludes halogenated alkanes) is 1. The molecule has 0 atom stereocenters. The predicted molar refractivity (Wildman–Crippen MR) is 128 cm³/mol. The number of rotatable bonds is 5. The Hall–Kier alpha value is -3.59. The summed E-state index contributed by atoms with van der Waals surface area (Å²) in [6.07, 6.45) is 3.12. The number of hydrogen-bond donors (Lipinski definition) is 0. The molecular weight excluding hydrogens is 382 g/mol. The molecule has 0 amide bonds. The molecule has 1 aromatic heterocycles. The van der Waals surface area contributed by atoms with Crippen LogP contribution in [0.4, 0.5) is 0 Å². The minimum absolute atomic E-state index is 0.0460. The highest BCUT2D eigenvalue weighted by Crippen LogP contribution is 2.47. The van der Waals surface area contributed by atoms with Gasteiger partial charge in [-0.15, -0.1) is 0 Å². The van der Waals surface area contributed by atoms with Gasteiger partial charge >= 0.3 is 0 Å². The summed E-state index contributed by atoms with van der Waals surface area (Å²) < 4.78 is 8.44. The van der Waals surface area contributed by atoms with Gasteiger partial charge in [0.15, 0.2) is 5.75 Å². The third-order valence-electron chi connectivity index (χ3n) is 6.06. The van der Waals surface area contributed by atoms with E-state index in [1.807, 2.05) is 67.7 Å². The molecule has 2 heterocycles. The van der Waals surface area contributed by atoms with Crippen LogP contribution in [0.5, 0.6) is 5.75 Å². The normalized spacial score (nSPS) is 12.8. The molecular formula is C28H25NO2. The first-order valence-corrected chi connectivity index (χ1v) is 10.9. The largest absolute Gasteiger partial charge is 0.455 e. The summed E-state index contributed by atoms with van der Waals surface area (Å²) in [5, 5.41) is 1.02. The number of hydrogen-bond acceptors (Lipinski definition) is 2. The van der Waals surface area contributed by atoms with E-state index >= 15 is 0 Å². The Bertz CT molecular complexity index is 1350. The van der Waals surface area contributed by atoms with Crippen LogP contribution in [0, 0.1) is 0 Å². The van der Waals surface area contributed by atoms with Gasteiger partial charge in [0.1, 0.15) is 5.76 Å². The summed E-state index contributed by atoms with van der Waals surface area (Å²) in [7, 11) is 1.85. The molecule has 0 bridgehead atoms. The van der Waals surface area contributed by atoms with E-state index < -0.39 is 0 Å². The number of aromatic nitrogens is 1. The van der Waals surface area contributed by atoms with Gasteiger partial charge in [0.05, 0.1) is 11.1 Å². The molecule has 0 unspecified atom stereocenters. The first-order valence-electron chi connectivity index (χ1n) is 10.9. The van der Waals surface area contributed by atoms with Gasteiger partial charge in [-0.05, 0) is 30.0 Å². The van der Waals surface area contributed by atoms with Crippen molar-refractivity contribution in [2.45, 2.75) is 26.2 Å². The second kappa shape index (κ2) is 7.92. The van der Waals surface area contributed by atoms with Crippen molar-refractivity contribution >= 4 is 22.2 Å². The second-order valence-electron chi connectivity index (χ2n) is 8.01. The van der Waals surface area contributed by atoms with E-state index in [2.05, 4.69) is 25.1 Å².